The summed E-state index contributed by atoms with van der Waals surface area (Å²) in [6.07, 6.45) is -0.383. The lowest BCUT2D eigenvalue weighted by Gasteiger charge is -2.09. The molecule has 1 N–H and O–H groups in total. The number of nitrogens with one attached hydrogen (secondary N) is 1. The SMILES string of the molecule is CCOCCNC(=O)C(C)OC. The molecule has 0 rings (SSSR count). The Bertz CT molecular complexity index is 127. The Kier molecular flexibility index (Phi) is 6.70. The van der Waals surface area contributed by atoms with Crippen molar-refractivity contribution >= 4 is 5.91 Å². The molecule has 0 spiro atoms. The maximum atomic E-state index is 11.0. The summed E-state index contributed by atoms with van der Waals surface area (Å²) in [5.74, 6) is -0.0998. The van der Waals surface area contributed by atoms with Gasteiger partial charge in [0.15, 0.2) is 0 Å². The van der Waals surface area contributed by atoms with Gasteiger partial charge in [0.25, 0.3) is 0 Å². The van der Waals surface area contributed by atoms with Crippen molar-refractivity contribution in [1.82, 2.24) is 5.32 Å². The van der Waals surface area contributed by atoms with Crippen LogP contribution in [0.3, 0.4) is 0 Å². The molecule has 0 saturated carbocycles. The molecule has 1 unspecified atom stereocenters. The van der Waals surface area contributed by atoms with Crippen molar-refractivity contribution in [3.8, 4) is 0 Å². The molecule has 1 atom stereocenters. The lowest BCUT2D eigenvalue weighted by molar-refractivity contribution is -0.130. The molecule has 0 bridgehead atoms. The van der Waals surface area contributed by atoms with Gasteiger partial charge in [0.2, 0.25) is 5.91 Å². The van der Waals surface area contributed by atoms with Crippen LogP contribution in [0.2, 0.25) is 0 Å². The van der Waals surface area contributed by atoms with Crippen LogP contribution in [0.15, 0.2) is 0 Å². The molecular formula is C8H17NO3. The maximum absolute atomic E-state index is 11.0. The van der Waals surface area contributed by atoms with Crippen molar-refractivity contribution in [3.05, 3.63) is 0 Å². The largest absolute Gasteiger partial charge is 0.380 e. The Labute approximate surface area is 73.2 Å². The molecule has 4 heteroatoms. The second-order valence-corrected chi connectivity index (χ2v) is 2.37. The molecule has 0 fully saturated rings. The zero-order valence-corrected chi connectivity index (χ0v) is 7.92. The van der Waals surface area contributed by atoms with Gasteiger partial charge in [-0.05, 0) is 13.8 Å². The molecule has 0 aliphatic heterocycles. The molecule has 4 nitrogen and oxygen atoms in total. The van der Waals surface area contributed by atoms with Crippen molar-refractivity contribution in [1.29, 1.82) is 0 Å². The van der Waals surface area contributed by atoms with Crippen LogP contribution in [0.4, 0.5) is 0 Å². The fourth-order valence-corrected chi connectivity index (χ4v) is 0.642. The molecular weight excluding hydrogens is 158 g/mol. The van der Waals surface area contributed by atoms with Gasteiger partial charge in [-0.3, -0.25) is 4.79 Å². The Hall–Kier alpha value is -0.610. The molecule has 0 aliphatic carbocycles. The average molecular weight is 175 g/mol. The fourth-order valence-electron chi connectivity index (χ4n) is 0.642. The van der Waals surface area contributed by atoms with Crippen molar-refractivity contribution in [3.63, 3.8) is 0 Å². The second kappa shape index (κ2) is 7.06. The van der Waals surface area contributed by atoms with Crippen molar-refractivity contribution in [2.24, 2.45) is 0 Å². The van der Waals surface area contributed by atoms with Gasteiger partial charge in [0, 0.05) is 20.3 Å². The normalized spacial score (nSPS) is 12.6. The number of carbonyl (C=O) groups excluding carboxylic acids is 1. The van der Waals surface area contributed by atoms with Crippen molar-refractivity contribution in [2.75, 3.05) is 26.9 Å². The summed E-state index contributed by atoms with van der Waals surface area (Å²) in [5, 5.41) is 2.68. The van der Waals surface area contributed by atoms with Gasteiger partial charge in [0.05, 0.1) is 6.61 Å². The molecule has 0 aromatic rings. The van der Waals surface area contributed by atoms with Crippen LogP contribution >= 0.6 is 0 Å². The number of methoxy groups -OCH3 is 1. The van der Waals surface area contributed by atoms with Gasteiger partial charge >= 0.3 is 0 Å². The minimum absolute atomic E-state index is 0.0998. The monoisotopic (exact) mass is 175 g/mol. The molecule has 72 valence electrons. The third-order valence-electron chi connectivity index (χ3n) is 1.47. The minimum atomic E-state index is -0.383. The highest BCUT2D eigenvalue weighted by Crippen LogP contribution is 1.85. The van der Waals surface area contributed by atoms with E-state index in [2.05, 4.69) is 5.32 Å². The predicted octanol–water partition coefficient (Wildman–Crippen LogP) is 0.174. The van der Waals surface area contributed by atoms with Gasteiger partial charge in [-0.15, -0.1) is 0 Å². The van der Waals surface area contributed by atoms with Gasteiger partial charge < -0.3 is 14.8 Å². The second-order valence-electron chi connectivity index (χ2n) is 2.37. The molecule has 0 heterocycles. The standard InChI is InChI=1S/C8H17NO3/c1-4-12-6-5-9-8(10)7(2)11-3/h7H,4-6H2,1-3H3,(H,9,10). The van der Waals surface area contributed by atoms with Gasteiger partial charge in [0.1, 0.15) is 6.10 Å². The molecule has 0 saturated heterocycles. The number of hydrogen-bond acceptors (Lipinski definition) is 3. The van der Waals surface area contributed by atoms with E-state index in [1.807, 2.05) is 6.92 Å². The van der Waals surface area contributed by atoms with E-state index in [0.29, 0.717) is 19.8 Å². The van der Waals surface area contributed by atoms with E-state index < -0.39 is 0 Å². The first-order valence-corrected chi connectivity index (χ1v) is 4.10. The van der Waals surface area contributed by atoms with Crippen LogP contribution in [-0.2, 0) is 14.3 Å². The van der Waals surface area contributed by atoms with E-state index in [1.165, 1.54) is 7.11 Å². The van der Waals surface area contributed by atoms with Crippen LogP contribution < -0.4 is 5.32 Å². The molecule has 0 radical (unpaired) electrons. The zero-order valence-electron chi connectivity index (χ0n) is 7.92. The number of amides is 1. The summed E-state index contributed by atoms with van der Waals surface area (Å²) in [4.78, 5) is 11.0. The summed E-state index contributed by atoms with van der Waals surface area (Å²) in [6.45, 7) is 5.39. The van der Waals surface area contributed by atoms with E-state index in [1.54, 1.807) is 6.92 Å². The number of hydrogen-bond donors (Lipinski definition) is 1. The van der Waals surface area contributed by atoms with E-state index in [0.717, 1.165) is 0 Å². The van der Waals surface area contributed by atoms with Crippen LogP contribution in [0.25, 0.3) is 0 Å². The Balaban J connectivity index is 3.31. The lowest BCUT2D eigenvalue weighted by Crippen LogP contribution is -2.35. The number of rotatable bonds is 6. The molecule has 12 heavy (non-hydrogen) atoms. The van der Waals surface area contributed by atoms with Crippen LogP contribution in [0.5, 0.6) is 0 Å². The van der Waals surface area contributed by atoms with Crippen molar-refractivity contribution < 1.29 is 14.3 Å². The summed E-state index contributed by atoms with van der Waals surface area (Å²) < 4.78 is 9.86. The van der Waals surface area contributed by atoms with Crippen LogP contribution in [0, 0.1) is 0 Å². The fraction of sp³-hybridized carbons (Fsp3) is 0.875. The highest BCUT2D eigenvalue weighted by molar-refractivity contribution is 5.80. The Morgan fingerprint density at radius 2 is 2.25 bits per heavy atom. The zero-order chi connectivity index (χ0) is 9.40. The first kappa shape index (κ1) is 11.4. The molecule has 0 aromatic heterocycles. The third-order valence-corrected chi connectivity index (χ3v) is 1.47. The highest BCUT2D eigenvalue weighted by atomic mass is 16.5. The van der Waals surface area contributed by atoms with Gasteiger partial charge in [-0.2, -0.15) is 0 Å². The maximum Gasteiger partial charge on any atom is 0.248 e. The summed E-state index contributed by atoms with van der Waals surface area (Å²) in [5.41, 5.74) is 0. The number of carbonyl (C=O) groups is 1. The van der Waals surface area contributed by atoms with Crippen molar-refractivity contribution in [2.45, 2.75) is 20.0 Å². The summed E-state index contributed by atoms with van der Waals surface area (Å²) in [7, 11) is 1.51. The quantitative estimate of drug-likeness (QED) is 0.585. The number of ether oxygens (including phenoxy) is 2. The molecule has 0 aliphatic rings. The molecule has 1 amide bonds. The minimum Gasteiger partial charge on any atom is -0.380 e. The van der Waals surface area contributed by atoms with Gasteiger partial charge in [-0.1, -0.05) is 0 Å². The predicted molar refractivity (Wildman–Crippen MR) is 46.0 cm³/mol. The third kappa shape index (κ3) is 5.09. The Morgan fingerprint density at radius 1 is 1.58 bits per heavy atom. The summed E-state index contributed by atoms with van der Waals surface area (Å²) >= 11 is 0. The molecule has 0 aromatic carbocycles. The van der Waals surface area contributed by atoms with E-state index in [4.69, 9.17) is 9.47 Å². The van der Waals surface area contributed by atoms with Gasteiger partial charge in [-0.25, -0.2) is 0 Å². The first-order chi connectivity index (χ1) is 5.72. The van der Waals surface area contributed by atoms with E-state index >= 15 is 0 Å². The summed E-state index contributed by atoms with van der Waals surface area (Å²) in [6, 6.07) is 0. The average Bonchev–Trinajstić information content (AvgIpc) is 2.10. The first-order valence-electron chi connectivity index (χ1n) is 4.10. The van der Waals surface area contributed by atoms with Crippen LogP contribution in [-0.4, -0.2) is 38.9 Å². The highest BCUT2D eigenvalue weighted by Gasteiger charge is 2.09. The smallest absolute Gasteiger partial charge is 0.248 e. The lowest BCUT2D eigenvalue weighted by atomic mass is 10.4. The van der Waals surface area contributed by atoms with E-state index in [9.17, 15) is 4.79 Å². The Morgan fingerprint density at radius 3 is 2.75 bits per heavy atom. The topological polar surface area (TPSA) is 47.6 Å². The van der Waals surface area contributed by atoms with Crippen LogP contribution in [0.1, 0.15) is 13.8 Å². The van der Waals surface area contributed by atoms with E-state index in [-0.39, 0.29) is 12.0 Å².